The summed E-state index contributed by atoms with van der Waals surface area (Å²) < 4.78 is 9.68. The summed E-state index contributed by atoms with van der Waals surface area (Å²) >= 11 is 0. The Morgan fingerprint density at radius 2 is 1.53 bits per heavy atom. The van der Waals surface area contributed by atoms with E-state index in [2.05, 4.69) is 20.6 Å². The van der Waals surface area contributed by atoms with Crippen molar-refractivity contribution in [2.45, 2.75) is 65.5 Å². The Hall–Kier alpha value is -3.18. The molecule has 0 rings (SSSR count). The third-order valence-electron chi connectivity index (χ3n) is 4.11. The standard InChI is InChI=1S/C20H37N7O5/c1-7-31-13(21)11-25-17(29)16(23)26-19(3,4)9-10-20(5,6)27-18(30)15(22)24-12-14(28)32-8-2/h21H,7-12H2,1-6H3,(H2,22,24)(H2,23,26)(H,25,29)(H,27,30). The third-order valence-corrected chi connectivity index (χ3v) is 4.11. The number of nitrogens with zero attached hydrogens (tertiary/aromatic N) is 2. The van der Waals surface area contributed by atoms with Crippen molar-refractivity contribution in [2.24, 2.45) is 21.5 Å². The van der Waals surface area contributed by atoms with Gasteiger partial charge >= 0.3 is 5.97 Å². The lowest BCUT2D eigenvalue weighted by Gasteiger charge is -2.30. The molecule has 12 nitrogen and oxygen atoms in total. The van der Waals surface area contributed by atoms with Crippen molar-refractivity contribution in [3.63, 3.8) is 0 Å². The minimum atomic E-state index is -0.694. The summed E-state index contributed by atoms with van der Waals surface area (Å²) in [6, 6.07) is 0. The highest BCUT2D eigenvalue weighted by molar-refractivity contribution is 6.38. The van der Waals surface area contributed by atoms with Gasteiger partial charge in [-0.15, -0.1) is 0 Å². The molecule has 0 radical (unpaired) electrons. The summed E-state index contributed by atoms with van der Waals surface area (Å²) in [4.78, 5) is 43.6. The molecule has 0 unspecified atom stereocenters. The largest absolute Gasteiger partial charge is 0.480 e. The summed E-state index contributed by atoms with van der Waals surface area (Å²) in [6.07, 6.45) is 0.979. The minimum absolute atomic E-state index is 0.0736. The van der Waals surface area contributed by atoms with Gasteiger partial charge in [0.05, 0.1) is 25.3 Å². The van der Waals surface area contributed by atoms with Crippen LogP contribution in [0.2, 0.25) is 0 Å². The molecule has 0 aromatic carbocycles. The smallest absolute Gasteiger partial charge is 0.327 e. The van der Waals surface area contributed by atoms with E-state index in [9.17, 15) is 14.4 Å². The van der Waals surface area contributed by atoms with Crippen molar-refractivity contribution in [3.05, 3.63) is 0 Å². The monoisotopic (exact) mass is 455 g/mol. The molecule has 0 aliphatic carbocycles. The fourth-order valence-electron chi connectivity index (χ4n) is 2.39. The first kappa shape index (κ1) is 28.8. The SMILES string of the molecule is CCOC(=N)CNC(=O)C(N)=NC(C)(C)CCC(C)(C)NC(=O)C(N)=NCC(=O)OCC. The van der Waals surface area contributed by atoms with Crippen LogP contribution in [0.1, 0.15) is 54.4 Å². The Morgan fingerprint density at radius 1 is 0.938 bits per heavy atom. The van der Waals surface area contributed by atoms with Crippen molar-refractivity contribution >= 4 is 35.4 Å². The fraction of sp³-hybridized carbons (Fsp3) is 0.700. The summed E-state index contributed by atoms with van der Waals surface area (Å²) in [7, 11) is 0. The van der Waals surface area contributed by atoms with Crippen molar-refractivity contribution in [3.8, 4) is 0 Å². The molecule has 0 aromatic rings. The van der Waals surface area contributed by atoms with Crippen LogP contribution in [0.3, 0.4) is 0 Å². The van der Waals surface area contributed by atoms with Gasteiger partial charge in [-0.3, -0.25) is 29.8 Å². The number of amides is 2. The summed E-state index contributed by atoms with van der Waals surface area (Å²) in [5.41, 5.74) is 10.1. The van der Waals surface area contributed by atoms with Gasteiger partial charge in [-0.2, -0.15) is 0 Å². The Bertz CT molecular complexity index is 745. The molecular weight excluding hydrogens is 418 g/mol. The second kappa shape index (κ2) is 13.3. The summed E-state index contributed by atoms with van der Waals surface area (Å²) in [5.74, 6) is -2.37. The molecule has 0 fully saturated rings. The van der Waals surface area contributed by atoms with Crippen molar-refractivity contribution in [1.82, 2.24) is 10.6 Å². The van der Waals surface area contributed by atoms with Crippen LogP contribution in [0.15, 0.2) is 9.98 Å². The second-order valence-electron chi connectivity index (χ2n) is 8.19. The van der Waals surface area contributed by atoms with Gasteiger partial charge in [-0.25, -0.2) is 0 Å². The number of nitrogens with one attached hydrogen (secondary N) is 3. The van der Waals surface area contributed by atoms with E-state index in [-0.39, 0.29) is 37.3 Å². The van der Waals surface area contributed by atoms with Crippen LogP contribution in [-0.4, -0.2) is 72.7 Å². The fourth-order valence-corrected chi connectivity index (χ4v) is 2.39. The molecule has 2 amide bonds. The number of esters is 1. The number of nitrogens with two attached hydrogens (primary N) is 2. The normalized spacial score (nSPS) is 12.7. The lowest BCUT2D eigenvalue weighted by atomic mass is 9.89. The van der Waals surface area contributed by atoms with E-state index in [0.717, 1.165) is 0 Å². The topological polar surface area (TPSA) is 194 Å². The van der Waals surface area contributed by atoms with Crippen LogP contribution in [0, 0.1) is 5.41 Å². The maximum atomic E-state index is 12.2. The summed E-state index contributed by atoms with van der Waals surface area (Å²) in [5, 5.41) is 12.7. The van der Waals surface area contributed by atoms with Gasteiger partial charge in [0.2, 0.25) is 0 Å². The molecule has 0 saturated carbocycles. The Labute approximate surface area is 189 Å². The van der Waals surface area contributed by atoms with Gasteiger partial charge in [0, 0.05) is 5.54 Å². The van der Waals surface area contributed by atoms with E-state index >= 15 is 0 Å². The predicted octanol–water partition coefficient (Wildman–Crippen LogP) is -0.153. The number of carbonyl (C=O) groups excluding carboxylic acids is 3. The predicted molar refractivity (Wildman–Crippen MR) is 123 cm³/mol. The molecular formula is C20H37N7O5. The lowest BCUT2D eigenvalue weighted by Crippen LogP contribution is -2.49. The highest BCUT2D eigenvalue weighted by atomic mass is 16.5. The molecule has 182 valence electrons. The molecule has 0 spiro atoms. The van der Waals surface area contributed by atoms with Gasteiger partial charge in [-0.05, 0) is 54.4 Å². The second-order valence-corrected chi connectivity index (χ2v) is 8.19. The lowest BCUT2D eigenvalue weighted by molar-refractivity contribution is -0.141. The molecule has 7 N–H and O–H groups in total. The van der Waals surface area contributed by atoms with E-state index in [1.54, 1.807) is 27.7 Å². The molecule has 0 heterocycles. The summed E-state index contributed by atoms with van der Waals surface area (Å²) in [6.45, 7) is 10.8. The number of aliphatic imine (C=N–C) groups is 2. The Morgan fingerprint density at radius 3 is 2.09 bits per heavy atom. The van der Waals surface area contributed by atoms with Gasteiger partial charge in [-0.1, -0.05) is 0 Å². The van der Waals surface area contributed by atoms with Gasteiger partial charge in [0.1, 0.15) is 6.54 Å². The first-order chi connectivity index (χ1) is 14.7. The van der Waals surface area contributed by atoms with Crippen molar-refractivity contribution < 1.29 is 23.9 Å². The molecule has 0 atom stereocenters. The van der Waals surface area contributed by atoms with E-state index in [1.807, 2.05) is 13.8 Å². The van der Waals surface area contributed by atoms with Crippen molar-refractivity contribution in [2.75, 3.05) is 26.3 Å². The molecule has 0 aliphatic rings. The highest BCUT2D eigenvalue weighted by Gasteiger charge is 2.27. The number of hydrogen-bond donors (Lipinski definition) is 5. The maximum Gasteiger partial charge on any atom is 0.327 e. The van der Waals surface area contributed by atoms with E-state index in [4.69, 9.17) is 26.4 Å². The first-order valence-corrected chi connectivity index (χ1v) is 10.3. The van der Waals surface area contributed by atoms with Crippen LogP contribution < -0.4 is 22.1 Å². The van der Waals surface area contributed by atoms with E-state index in [1.165, 1.54) is 0 Å². The number of ether oxygens (including phenoxy) is 2. The van der Waals surface area contributed by atoms with Crippen LogP contribution in [0.25, 0.3) is 0 Å². The molecule has 0 aromatic heterocycles. The van der Waals surface area contributed by atoms with E-state index in [0.29, 0.717) is 19.4 Å². The first-order valence-electron chi connectivity index (χ1n) is 10.3. The average molecular weight is 456 g/mol. The van der Waals surface area contributed by atoms with Gasteiger partial charge < -0.3 is 31.6 Å². The molecule has 0 aliphatic heterocycles. The minimum Gasteiger partial charge on any atom is -0.480 e. The van der Waals surface area contributed by atoms with Crippen LogP contribution in [0.4, 0.5) is 0 Å². The molecule has 12 heteroatoms. The van der Waals surface area contributed by atoms with Gasteiger partial charge in [0.15, 0.2) is 17.6 Å². The average Bonchev–Trinajstić information content (AvgIpc) is 2.68. The van der Waals surface area contributed by atoms with Gasteiger partial charge in [0.25, 0.3) is 11.8 Å². The highest BCUT2D eigenvalue weighted by Crippen LogP contribution is 2.22. The molecule has 0 saturated heterocycles. The van der Waals surface area contributed by atoms with Crippen LogP contribution in [0.5, 0.6) is 0 Å². The number of amidine groups is 2. The number of hydrogen-bond acceptors (Lipinski definition) is 8. The number of carbonyl (C=O) groups is 3. The van der Waals surface area contributed by atoms with Crippen LogP contribution >= 0.6 is 0 Å². The molecule has 0 bridgehead atoms. The maximum absolute atomic E-state index is 12.2. The van der Waals surface area contributed by atoms with E-state index < -0.39 is 28.9 Å². The Kier molecular flexibility index (Phi) is 12.0. The molecule has 32 heavy (non-hydrogen) atoms. The zero-order valence-electron chi connectivity index (χ0n) is 19.8. The number of rotatable bonds is 11. The van der Waals surface area contributed by atoms with Crippen LogP contribution in [-0.2, 0) is 23.9 Å². The zero-order valence-corrected chi connectivity index (χ0v) is 19.8. The third kappa shape index (κ3) is 12.5. The van der Waals surface area contributed by atoms with Crippen molar-refractivity contribution in [1.29, 1.82) is 5.41 Å². The zero-order chi connectivity index (χ0) is 24.9. The Balaban J connectivity index is 4.82. The quantitative estimate of drug-likeness (QED) is 0.162.